The van der Waals surface area contributed by atoms with Crippen molar-refractivity contribution in [3.8, 4) is 11.3 Å². The zero-order valence-corrected chi connectivity index (χ0v) is 15.9. The molecule has 0 fully saturated rings. The van der Waals surface area contributed by atoms with Gasteiger partial charge in [-0.1, -0.05) is 23.2 Å². The quantitative estimate of drug-likeness (QED) is 0.719. The number of hydrogen-bond donors (Lipinski definition) is 1. The Balaban J connectivity index is 1.78. The summed E-state index contributed by atoms with van der Waals surface area (Å²) < 4.78 is 0. The van der Waals surface area contributed by atoms with Crippen LogP contribution in [0.3, 0.4) is 0 Å². The number of nitrogens with zero attached hydrogens (tertiary/aromatic N) is 5. The first kappa shape index (κ1) is 17.8. The molecule has 0 aliphatic rings. The molecule has 25 heavy (non-hydrogen) atoms. The van der Waals surface area contributed by atoms with Gasteiger partial charge in [0.25, 0.3) is 11.7 Å². The zero-order chi connectivity index (χ0) is 18.2. The molecule has 1 aromatic carbocycles. The number of thiazole rings is 1. The first-order chi connectivity index (χ1) is 11.7. The van der Waals surface area contributed by atoms with Gasteiger partial charge in [-0.25, -0.2) is 4.98 Å². The molecular formula is C15H14Cl2N6OS. The van der Waals surface area contributed by atoms with Crippen molar-refractivity contribution in [1.29, 1.82) is 0 Å². The normalized spacial score (nSPS) is 11.6. The minimum atomic E-state index is -0.478. The molecule has 0 unspecified atom stereocenters. The molecule has 0 saturated heterocycles. The molecular weight excluding hydrogens is 383 g/mol. The molecule has 1 amide bonds. The Kier molecular flexibility index (Phi) is 4.77. The van der Waals surface area contributed by atoms with Crippen molar-refractivity contribution in [3.63, 3.8) is 0 Å². The van der Waals surface area contributed by atoms with Crippen LogP contribution in [0.4, 0.5) is 5.13 Å². The fourth-order valence-corrected chi connectivity index (χ4v) is 2.98. The summed E-state index contributed by atoms with van der Waals surface area (Å²) in [4.78, 5) is 18.0. The summed E-state index contributed by atoms with van der Waals surface area (Å²) in [5, 5.41) is 17.7. The molecule has 130 valence electrons. The molecule has 1 N–H and O–H groups in total. The van der Waals surface area contributed by atoms with Crippen molar-refractivity contribution < 1.29 is 4.79 Å². The van der Waals surface area contributed by atoms with Gasteiger partial charge < -0.3 is 0 Å². The smallest absolute Gasteiger partial charge is 0.295 e. The van der Waals surface area contributed by atoms with E-state index < -0.39 is 5.91 Å². The SMILES string of the molecule is CC(C)(C)n1nnc(C(=O)Nc2nc(-c3cc(Cl)ccc3Cl)cs2)n1. The molecule has 3 rings (SSSR count). The molecule has 0 radical (unpaired) electrons. The summed E-state index contributed by atoms with van der Waals surface area (Å²) in [5.74, 6) is -0.499. The third-order valence-corrected chi connectivity index (χ3v) is 4.47. The van der Waals surface area contributed by atoms with Crippen LogP contribution in [0, 0.1) is 0 Å². The Hall–Kier alpha value is -2.03. The zero-order valence-electron chi connectivity index (χ0n) is 13.6. The number of carbonyl (C=O) groups is 1. The predicted molar refractivity (Wildman–Crippen MR) is 98.3 cm³/mol. The molecule has 3 aromatic rings. The lowest BCUT2D eigenvalue weighted by atomic mass is 10.1. The molecule has 0 aliphatic carbocycles. The number of carbonyl (C=O) groups excluding carboxylic acids is 1. The average molecular weight is 397 g/mol. The number of anilines is 1. The van der Waals surface area contributed by atoms with Crippen LogP contribution in [-0.4, -0.2) is 31.1 Å². The standard InChI is InChI=1S/C15H14Cl2N6OS/c1-15(2,3)23-21-12(20-22-23)13(24)19-14-18-11(7-25-14)9-6-8(16)4-5-10(9)17/h4-7H,1-3H3,(H,18,19,24). The Morgan fingerprint density at radius 2 is 2.04 bits per heavy atom. The lowest BCUT2D eigenvalue weighted by molar-refractivity contribution is 0.101. The van der Waals surface area contributed by atoms with E-state index in [0.717, 1.165) is 0 Å². The van der Waals surface area contributed by atoms with E-state index in [4.69, 9.17) is 23.2 Å². The van der Waals surface area contributed by atoms with Gasteiger partial charge in [0.2, 0.25) is 0 Å². The summed E-state index contributed by atoms with van der Waals surface area (Å²) in [6.07, 6.45) is 0. The second kappa shape index (κ2) is 6.70. The second-order valence-electron chi connectivity index (χ2n) is 6.19. The number of benzene rings is 1. The van der Waals surface area contributed by atoms with Crippen molar-refractivity contribution in [1.82, 2.24) is 25.2 Å². The lowest BCUT2D eigenvalue weighted by Crippen LogP contribution is -2.25. The van der Waals surface area contributed by atoms with Crippen molar-refractivity contribution in [3.05, 3.63) is 39.4 Å². The molecule has 2 heterocycles. The Morgan fingerprint density at radius 3 is 2.72 bits per heavy atom. The van der Waals surface area contributed by atoms with E-state index in [1.807, 2.05) is 20.8 Å². The molecule has 0 saturated carbocycles. The van der Waals surface area contributed by atoms with E-state index in [1.54, 1.807) is 23.6 Å². The minimum Gasteiger partial charge on any atom is -0.295 e. The van der Waals surface area contributed by atoms with Crippen LogP contribution in [0.25, 0.3) is 11.3 Å². The number of halogens is 2. The Labute approximate surface area is 158 Å². The van der Waals surface area contributed by atoms with E-state index in [-0.39, 0.29) is 11.4 Å². The molecule has 0 aliphatic heterocycles. The monoisotopic (exact) mass is 396 g/mol. The first-order valence-corrected chi connectivity index (χ1v) is 8.90. The van der Waals surface area contributed by atoms with E-state index in [1.165, 1.54) is 16.1 Å². The maximum absolute atomic E-state index is 12.3. The highest BCUT2D eigenvalue weighted by atomic mass is 35.5. The van der Waals surface area contributed by atoms with E-state index in [2.05, 4.69) is 25.7 Å². The van der Waals surface area contributed by atoms with Crippen LogP contribution < -0.4 is 5.32 Å². The Bertz CT molecular complexity index is 930. The maximum atomic E-state index is 12.3. The summed E-state index contributed by atoms with van der Waals surface area (Å²) in [7, 11) is 0. The fraction of sp³-hybridized carbons (Fsp3) is 0.267. The number of aromatic nitrogens is 5. The number of rotatable bonds is 3. The van der Waals surface area contributed by atoms with Crippen LogP contribution in [0.5, 0.6) is 0 Å². The number of nitrogens with one attached hydrogen (secondary N) is 1. The highest BCUT2D eigenvalue weighted by molar-refractivity contribution is 7.14. The van der Waals surface area contributed by atoms with Gasteiger partial charge >= 0.3 is 0 Å². The van der Waals surface area contributed by atoms with E-state index in [9.17, 15) is 4.79 Å². The van der Waals surface area contributed by atoms with Gasteiger partial charge in [-0.05, 0) is 44.2 Å². The highest BCUT2D eigenvalue weighted by Gasteiger charge is 2.21. The van der Waals surface area contributed by atoms with Gasteiger partial charge in [0.05, 0.1) is 16.3 Å². The van der Waals surface area contributed by atoms with Gasteiger partial charge in [0, 0.05) is 16.0 Å². The summed E-state index contributed by atoms with van der Waals surface area (Å²) in [5.41, 5.74) is 0.963. The summed E-state index contributed by atoms with van der Waals surface area (Å²) in [6, 6.07) is 5.12. The van der Waals surface area contributed by atoms with Gasteiger partial charge in [-0.3, -0.25) is 10.1 Å². The predicted octanol–water partition coefficient (Wildman–Crippen LogP) is 4.11. The molecule has 0 atom stereocenters. The van der Waals surface area contributed by atoms with Crippen LogP contribution in [0.1, 0.15) is 31.4 Å². The topological polar surface area (TPSA) is 85.6 Å². The number of amides is 1. The van der Waals surface area contributed by atoms with Crippen LogP contribution >= 0.6 is 34.5 Å². The van der Waals surface area contributed by atoms with Gasteiger partial charge in [-0.15, -0.1) is 21.5 Å². The van der Waals surface area contributed by atoms with Crippen LogP contribution in [-0.2, 0) is 5.54 Å². The summed E-state index contributed by atoms with van der Waals surface area (Å²) in [6.45, 7) is 5.74. The van der Waals surface area contributed by atoms with Crippen molar-refractivity contribution in [2.45, 2.75) is 26.3 Å². The third-order valence-electron chi connectivity index (χ3n) is 3.15. The fourth-order valence-electron chi connectivity index (χ4n) is 1.89. The minimum absolute atomic E-state index is 0.0209. The molecule has 2 aromatic heterocycles. The lowest BCUT2D eigenvalue weighted by Gasteiger charge is -2.15. The largest absolute Gasteiger partial charge is 0.299 e. The molecule has 0 spiro atoms. The van der Waals surface area contributed by atoms with Gasteiger partial charge in [0.1, 0.15) is 0 Å². The average Bonchev–Trinajstić information content (AvgIpc) is 3.18. The number of hydrogen-bond acceptors (Lipinski definition) is 6. The van der Waals surface area contributed by atoms with Crippen molar-refractivity contribution in [2.24, 2.45) is 0 Å². The summed E-state index contributed by atoms with van der Waals surface area (Å²) >= 11 is 13.4. The third kappa shape index (κ3) is 3.97. The van der Waals surface area contributed by atoms with Crippen molar-refractivity contribution in [2.75, 3.05) is 5.32 Å². The second-order valence-corrected chi connectivity index (χ2v) is 7.89. The highest BCUT2D eigenvalue weighted by Crippen LogP contribution is 2.32. The van der Waals surface area contributed by atoms with Crippen molar-refractivity contribution >= 4 is 45.6 Å². The first-order valence-electron chi connectivity index (χ1n) is 7.27. The number of tetrazole rings is 1. The molecule has 7 nitrogen and oxygen atoms in total. The van der Waals surface area contributed by atoms with E-state index >= 15 is 0 Å². The molecule has 0 bridgehead atoms. The van der Waals surface area contributed by atoms with Gasteiger partial charge in [0.15, 0.2) is 5.13 Å². The van der Waals surface area contributed by atoms with Gasteiger partial charge in [-0.2, -0.15) is 4.80 Å². The molecule has 10 heteroatoms. The van der Waals surface area contributed by atoms with E-state index in [0.29, 0.717) is 26.4 Å². The van der Waals surface area contributed by atoms with Crippen LogP contribution in [0.2, 0.25) is 10.0 Å². The Morgan fingerprint density at radius 1 is 1.28 bits per heavy atom. The maximum Gasteiger partial charge on any atom is 0.299 e. The van der Waals surface area contributed by atoms with Crippen LogP contribution in [0.15, 0.2) is 23.6 Å².